The second kappa shape index (κ2) is 7.35. The molecule has 0 fully saturated rings. The molecule has 7 heteroatoms. The maximum atomic E-state index is 12.3. The molecule has 0 radical (unpaired) electrons. The number of hydrogen-bond acceptors (Lipinski definition) is 5. The van der Waals surface area contributed by atoms with Gasteiger partial charge in [0, 0.05) is 23.3 Å². The molecule has 0 spiro atoms. The molecular formula is C17H19N5OS. The van der Waals surface area contributed by atoms with Gasteiger partial charge in [0.15, 0.2) is 11.5 Å². The van der Waals surface area contributed by atoms with Crippen molar-refractivity contribution in [3.05, 3.63) is 52.4 Å². The van der Waals surface area contributed by atoms with E-state index in [0.29, 0.717) is 0 Å². The summed E-state index contributed by atoms with van der Waals surface area (Å²) < 4.78 is 1.91. The SMILES string of the molecule is CCC[C@@H](NC(=O)/C=C\c1cnc(C)s1)c1nnc2ccccn12. The fourth-order valence-electron chi connectivity index (χ4n) is 2.48. The number of nitrogens with one attached hydrogen (secondary N) is 1. The van der Waals surface area contributed by atoms with Gasteiger partial charge in [0.05, 0.1) is 11.0 Å². The summed E-state index contributed by atoms with van der Waals surface area (Å²) in [6.07, 6.45) is 8.73. The van der Waals surface area contributed by atoms with Crippen LogP contribution in [-0.4, -0.2) is 25.5 Å². The first-order chi connectivity index (χ1) is 11.7. The van der Waals surface area contributed by atoms with Gasteiger partial charge in [0.2, 0.25) is 5.91 Å². The molecule has 3 rings (SSSR count). The third-order valence-corrected chi connectivity index (χ3v) is 4.46. The molecule has 124 valence electrons. The third-order valence-electron chi connectivity index (χ3n) is 3.58. The van der Waals surface area contributed by atoms with Gasteiger partial charge in [-0.2, -0.15) is 0 Å². The van der Waals surface area contributed by atoms with Crippen molar-refractivity contribution in [3.63, 3.8) is 0 Å². The number of fused-ring (bicyclic) bond motifs is 1. The largest absolute Gasteiger partial charge is 0.343 e. The van der Waals surface area contributed by atoms with E-state index >= 15 is 0 Å². The number of rotatable bonds is 6. The number of carbonyl (C=O) groups excluding carboxylic acids is 1. The van der Waals surface area contributed by atoms with Crippen LogP contribution in [0.1, 0.15) is 41.5 Å². The first kappa shape index (κ1) is 16.3. The summed E-state index contributed by atoms with van der Waals surface area (Å²) in [4.78, 5) is 17.4. The molecular weight excluding hydrogens is 322 g/mol. The Bertz CT molecular complexity index is 867. The standard InChI is InChI=1S/C17H19N5OS/c1-3-6-14(17-21-20-15-7-4-5-10-22(15)17)19-16(23)9-8-13-11-18-12(2)24-13/h4-5,7-11,14H,3,6H2,1-2H3,(H,19,23)/b9-8-/t14-/m1/s1. The lowest BCUT2D eigenvalue weighted by Gasteiger charge is -2.15. The number of hydrogen-bond donors (Lipinski definition) is 1. The van der Waals surface area contributed by atoms with Crippen LogP contribution >= 0.6 is 11.3 Å². The van der Waals surface area contributed by atoms with E-state index in [9.17, 15) is 4.79 Å². The zero-order chi connectivity index (χ0) is 16.9. The van der Waals surface area contributed by atoms with Crippen LogP contribution in [0.15, 0.2) is 36.7 Å². The highest BCUT2D eigenvalue weighted by molar-refractivity contribution is 7.12. The Morgan fingerprint density at radius 3 is 3.04 bits per heavy atom. The Labute approximate surface area is 144 Å². The van der Waals surface area contributed by atoms with Gasteiger partial charge in [-0.15, -0.1) is 21.5 Å². The lowest BCUT2D eigenvalue weighted by molar-refractivity contribution is -0.117. The molecule has 0 saturated heterocycles. The molecule has 0 aromatic carbocycles. The summed E-state index contributed by atoms with van der Waals surface area (Å²) in [5.74, 6) is 0.606. The molecule has 0 aliphatic carbocycles. The molecule has 0 saturated carbocycles. The van der Waals surface area contributed by atoms with Crippen LogP contribution < -0.4 is 5.32 Å². The summed E-state index contributed by atoms with van der Waals surface area (Å²) >= 11 is 1.55. The zero-order valence-corrected chi connectivity index (χ0v) is 14.5. The lowest BCUT2D eigenvalue weighted by atomic mass is 10.1. The summed E-state index contributed by atoms with van der Waals surface area (Å²) in [6, 6.07) is 5.57. The molecule has 6 nitrogen and oxygen atoms in total. The van der Waals surface area contributed by atoms with Crippen molar-refractivity contribution < 1.29 is 4.79 Å². The topological polar surface area (TPSA) is 72.2 Å². The van der Waals surface area contributed by atoms with Crippen LogP contribution in [0.2, 0.25) is 0 Å². The second-order valence-electron chi connectivity index (χ2n) is 5.45. The highest BCUT2D eigenvalue weighted by Gasteiger charge is 2.18. The van der Waals surface area contributed by atoms with Crippen molar-refractivity contribution >= 4 is 29.0 Å². The second-order valence-corrected chi connectivity index (χ2v) is 6.72. The summed E-state index contributed by atoms with van der Waals surface area (Å²) in [6.45, 7) is 4.02. The molecule has 3 aromatic rings. The Kier molecular flexibility index (Phi) is 5.00. The molecule has 1 atom stereocenters. The van der Waals surface area contributed by atoms with Crippen molar-refractivity contribution in [2.45, 2.75) is 32.7 Å². The molecule has 1 N–H and O–H groups in total. The van der Waals surface area contributed by atoms with Crippen LogP contribution in [-0.2, 0) is 4.79 Å². The normalized spacial score (nSPS) is 12.8. The Hall–Kier alpha value is -2.54. The average Bonchev–Trinajstić information content (AvgIpc) is 3.18. The van der Waals surface area contributed by atoms with Crippen LogP contribution in [0, 0.1) is 6.92 Å². The van der Waals surface area contributed by atoms with Crippen molar-refractivity contribution in [1.29, 1.82) is 0 Å². The molecule has 1 amide bonds. The first-order valence-corrected chi connectivity index (χ1v) is 8.69. The van der Waals surface area contributed by atoms with E-state index < -0.39 is 0 Å². The minimum atomic E-state index is -0.173. The van der Waals surface area contributed by atoms with Crippen LogP contribution in [0.25, 0.3) is 11.7 Å². The molecule has 0 unspecified atom stereocenters. The van der Waals surface area contributed by atoms with Crippen LogP contribution in [0.5, 0.6) is 0 Å². The van der Waals surface area contributed by atoms with Gasteiger partial charge in [0.25, 0.3) is 0 Å². The molecule has 3 aromatic heterocycles. The smallest absolute Gasteiger partial charge is 0.244 e. The fraction of sp³-hybridized carbons (Fsp3) is 0.294. The number of pyridine rings is 1. The maximum absolute atomic E-state index is 12.3. The Morgan fingerprint density at radius 1 is 1.42 bits per heavy atom. The van der Waals surface area contributed by atoms with Gasteiger partial charge in [-0.25, -0.2) is 4.98 Å². The zero-order valence-electron chi connectivity index (χ0n) is 13.6. The molecule has 0 bridgehead atoms. The number of carbonyl (C=O) groups is 1. The van der Waals surface area contributed by atoms with E-state index in [1.807, 2.05) is 35.7 Å². The van der Waals surface area contributed by atoms with Crippen molar-refractivity contribution in [2.24, 2.45) is 0 Å². The molecule has 0 aliphatic rings. The quantitative estimate of drug-likeness (QED) is 0.699. The Morgan fingerprint density at radius 2 is 2.29 bits per heavy atom. The predicted molar refractivity (Wildman–Crippen MR) is 94.7 cm³/mol. The highest BCUT2D eigenvalue weighted by Crippen LogP contribution is 2.18. The van der Waals surface area contributed by atoms with Gasteiger partial charge in [-0.3, -0.25) is 9.20 Å². The van der Waals surface area contributed by atoms with E-state index in [1.54, 1.807) is 29.7 Å². The number of nitrogens with zero attached hydrogens (tertiary/aromatic N) is 4. The first-order valence-electron chi connectivity index (χ1n) is 7.88. The minimum absolute atomic E-state index is 0.146. The highest BCUT2D eigenvalue weighted by atomic mass is 32.1. The van der Waals surface area contributed by atoms with Gasteiger partial charge in [-0.1, -0.05) is 19.4 Å². The van der Waals surface area contributed by atoms with E-state index in [2.05, 4.69) is 27.4 Å². The van der Waals surface area contributed by atoms with Crippen molar-refractivity contribution in [1.82, 2.24) is 24.9 Å². The number of thiazole rings is 1. The van der Waals surface area contributed by atoms with Crippen molar-refractivity contribution in [3.8, 4) is 0 Å². The molecule has 3 heterocycles. The lowest BCUT2D eigenvalue weighted by Crippen LogP contribution is -2.28. The predicted octanol–water partition coefficient (Wildman–Crippen LogP) is 3.17. The summed E-state index contributed by atoms with van der Waals surface area (Å²) in [5, 5.41) is 12.4. The number of aromatic nitrogens is 4. The number of aryl methyl sites for hydroxylation is 1. The van der Waals surface area contributed by atoms with E-state index in [0.717, 1.165) is 34.2 Å². The van der Waals surface area contributed by atoms with Gasteiger partial charge < -0.3 is 5.32 Å². The van der Waals surface area contributed by atoms with Gasteiger partial charge in [-0.05, 0) is 31.6 Å². The fourth-order valence-corrected chi connectivity index (χ4v) is 3.17. The third kappa shape index (κ3) is 3.68. The minimum Gasteiger partial charge on any atom is -0.343 e. The summed E-state index contributed by atoms with van der Waals surface area (Å²) in [5.41, 5.74) is 0.776. The maximum Gasteiger partial charge on any atom is 0.244 e. The van der Waals surface area contributed by atoms with Crippen molar-refractivity contribution in [2.75, 3.05) is 0 Å². The van der Waals surface area contributed by atoms with Crippen LogP contribution in [0.3, 0.4) is 0 Å². The monoisotopic (exact) mass is 341 g/mol. The van der Waals surface area contributed by atoms with E-state index in [-0.39, 0.29) is 11.9 Å². The van der Waals surface area contributed by atoms with Crippen LogP contribution in [0.4, 0.5) is 0 Å². The van der Waals surface area contributed by atoms with E-state index in [1.165, 1.54) is 0 Å². The van der Waals surface area contributed by atoms with Gasteiger partial charge in [0.1, 0.15) is 0 Å². The average molecular weight is 341 g/mol. The van der Waals surface area contributed by atoms with Gasteiger partial charge >= 0.3 is 0 Å². The van der Waals surface area contributed by atoms with E-state index in [4.69, 9.17) is 0 Å². The molecule has 0 aliphatic heterocycles. The Balaban J connectivity index is 1.76. The summed E-state index contributed by atoms with van der Waals surface area (Å²) in [7, 11) is 0. The number of amides is 1. The molecule has 24 heavy (non-hydrogen) atoms.